The van der Waals surface area contributed by atoms with Crippen molar-refractivity contribution >= 4 is 29.3 Å². The minimum absolute atomic E-state index is 0.224. The topological polar surface area (TPSA) is 49.4 Å². The van der Waals surface area contributed by atoms with Crippen LogP contribution in [0.5, 0.6) is 0 Å². The van der Waals surface area contributed by atoms with Gasteiger partial charge in [0.25, 0.3) is 0 Å². The number of nitrogens with one attached hydrogen (secondary N) is 1. The van der Waals surface area contributed by atoms with Crippen LogP contribution in [0.3, 0.4) is 0 Å². The first kappa shape index (κ1) is 18.5. The van der Waals surface area contributed by atoms with Crippen LogP contribution in [0.1, 0.15) is 12.0 Å². The highest BCUT2D eigenvalue weighted by atomic mass is 32.2. The van der Waals surface area contributed by atoms with E-state index in [1.54, 1.807) is 28.8 Å². The summed E-state index contributed by atoms with van der Waals surface area (Å²) in [5.41, 5.74) is 1.77. The van der Waals surface area contributed by atoms with Crippen molar-refractivity contribution in [3.8, 4) is 0 Å². The molecule has 0 saturated carbocycles. The highest BCUT2D eigenvalue weighted by Crippen LogP contribution is 2.25. The predicted octanol–water partition coefficient (Wildman–Crippen LogP) is 3.26. The number of hydrogen-bond donors (Lipinski definition) is 1. The average Bonchev–Trinajstić information content (AvgIpc) is 3.04. The second-order valence-electron chi connectivity index (χ2n) is 6.20. The second-order valence-corrected chi connectivity index (χ2v) is 7.08. The Hall–Kier alpha value is -2.34. The highest BCUT2D eigenvalue weighted by Gasteiger charge is 2.37. The first-order valence-electron chi connectivity index (χ1n) is 8.56. The van der Waals surface area contributed by atoms with Crippen molar-refractivity contribution in [1.29, 1.82) is 0 Å². The molecule has 4 nitrogen and oxygen atoms in total. The number of anilines is 1. The quantitative estimate of drug-likeness (QED) is 0.625. The average molecular weight is 372 g/mol. The monoisotopic (exact) mass is 372 g/mol. The van der Waals surface area contributed by atoms with Crippen molar-refractivity contribution in [2.75, 3.05) is 24.2 Å². The molecule has 0 spiro atoms. The highest BCUT2D eigenvalue weighted by molar-refractivity contribution is 7.98. The molecule has 1 N–H and O–H groups in total. The first-order valence-corrected chi connectivity index (χ1v) is 9.78. The summed E-state index contributed by atoms with van der Waals surface area (Å²) in [6, 6.07) is 14.0. The molecule has 0 aliphatic carbocycles. The number of amides is 2. The number of halogens is 1. The standard InChI is InChI=1S/C20H21FN2O2S/c1-26-17-8-2-14(3-9-17)10-12-22-19(24)18-11-13-23(20(18)25)16-6-4-15(21)5-7-16/h2-9,18H,10-13H2,1H3,(H,22,24)/t18-/m1/s1. The van der Waals surface area contributed by atoms with Gasteiger partial charge < -0.3 is 10.2 Å². The summed E-state index contributed by atoms with van der Waals surface area (Å²) in [6.45, 7) is 0.969. The summed E-state index contributed by atoms with van der Waals surface area (Å²) < 4.78 is 13.0. The van der Waals surface area contributed by atoms with Gasteiger partial charge in [0.1, 0.15) is 11.7 Å². The van der Waals surface area contributed by atoms with E-state index in [0.29, 0.717) is 25.2 Å². The van der Waals surface area contributed by atoms with Crippen molar-refractivity contribution in [3.63, 3.8) is 0 Å². The van der Waals surface area contributed by atoms with E-state index in [1.165, 1.54) is 17.0 Å². The van der Waals surface area contributed by atoms with Gasteiger partial charge in [-0.05, 0) is 61.1 Å². The van der Waals surface area contributed by atoms with E-state index in [-0.39, 0.29) is 17.6 Å². The number of rotatable bonds is 6. The van der Waals surface area contributed by atoms with Crippen molar-refractivity contribution in [3.05, 3.63) is 59.9 Å². The van der Waals surface area contributed by atoms with E-state index in [1.807, 2.05) is 6.26 Å². The van der Waals surface area contributed by atoms with Crippen LogP contribution in [0.4, 0.5) is 10.1 Å². The van der Waals surface area contributed by atoms with Gasteiger partial charge in [-0.1, -0.05) is 12.1 Å². The van der Waals surface area contributed by atoms with Crippen LogP contribution in [0, 0.1) is 11.7 Å². The maximum absolute atomic E-state index is 13.0. The number of carbonyl (C=O) groups is 2. The zero-order chi connectivity index (χ0) is 18.5. The van der Waals surface area contributed by atoms with Gasteiger partial charge in [0.15, 0.2) is 0 Å². The van der Waals surface area contributed by atoms with E-state index < -0.39 is 5.92 Å². The summed E-state index contributed by atoms with van der Waals surface area (Å²) in [5, 5.41) is 2.86. The summed E-state index contributed by atoms with van der Waals surface area (Å²) in [5.74, 6) is -1.47. The molecule has 0 unspecified atom stereocenters. The minimum atomic E-state index is -0.668. The lowest BCUT2D eigenvalue weighted by molar-refractivity contribution is -0.132. The Morgan fingerprint density at radius 1 is 1.19 bits per heavy atom. The maximum Gasteiger partial charge on any atom is 0.239 e. The molecule has 0 bridgehead atoms. The molecule has 2 aromatic rings. The van der Waals surface area contributed by atoms with Crippen molar-refractivity contribution in [2.24, 2.45) is 5.92 Å². The van der Waals surface area contributed by atoms with Crippen LogP contribution in [0.2, 0.25) is 0 Å². The van der Waals surface area contributed by atoms with Gasteiger partial charge in [0.05, 0.1) is 0 Å². The molecule has 1 fully saturated rings. The molecule has 1 aliphatic rings. The minimum Gasteiger partial charge on any atom is -0.355 e. The largest absolute Gasteiger partial charge is 0.355 e. The lowest BCUT2D eigenvalue weighted by Gasteiger charge is -2.16. The van der Waals surface area contributed by atoms with E-state index in [9.17, 15) is 14.0 Å². The predicted molar refractivity (Wildman–Crippen MR) is 102 cm³/mol. The Morgan fingerprint density at radius 2 is 1.88 bits per heavy atom. The molecule has 136 valence electrons. The molecule has 3 rings (SSSR count). The molecule has 2 amide bonds. The van der Waals surface area contributed by atoms with E-state index in [0.717, 1.165) is 12.0 Å². The van der Waals surface area contributed by atoms with Crippen LogP contribution in [-0.2, 0) is 16.0 Å². The number of benzene rings is 2. The molecule has 0 aromatic heterocycles. The van der Waals surface area contributed by atoms with Crippen molar-refractivity contribution in [2.45, 2.75) is 17.7 Å². The molecule has 1 atom stereocenters. The molecule has 26 heavy (non-hydrogen) atoms. The second kappa shape index (κ2) is 8.36. The van der Waals surface area contributed by atoms with E-state index in [4.69, 9.17) is 0 Å². The van der Waals surface area contributed by atoms with Gasteiger partial charge >= 0.3 is 0 Å². The SMILES string of the molecule is CSc1ccc(CCNC(=O)[C@H]2CCN(c3ccc(F)cc3)C2=O)cc1. The van der Waals surface area contributed by atoms with E-state index >= 15 is 0 Å². The summed E-state index contributed by atoms with van der Waals surface area (Å²) in [6.07, 6.45) is 3.23. The molecular formula is C20H21FN2O2S. The molecule has 2 aromatic carbocycles. The first-order chi connectivity index (χ1) is 12.6. The summed E-state index contributed by atoms with van der Waals surface area (Å²) >= 11 is 1.69. The zero-order valence-corrected chi connectivity index (χ0v) is 15.4. The van der Waals surface area contributed by atoms with Crippen LogP contribution in [-0.4, -0.2) is 31.2 Å². The van der Waals surface area contributed by atoms with Crippen LogP contribution in [0.15, 0.2) is 53.4 Å². The molecule has 1 aliphatic heterocycles. The number of nitrogens with zero attached hydrogens (tertiary/aromatic N) is 1. The Morgan fingerprint density at radius 3 is 2.54 bits per heavy atom. The number of carbonyl (C=O) groups excluding carboxylic acids is 2. The van der Waals surface area contributed by atoms with Gasteiger partial charge in [-0.3, -0.25) is 9.59 Å². The fourth-order valence-corrected chi connectivity index (χ4v) is 3.45. The third-order valence-electron chi connectivity index (χ3n) is 4.53. The molecule has 1 saturated heterocycles. The molecule has 6 heteroatoms. The smallest absolute Gasteiger partial charge is 0.239 e. The van der Waals surface area contributed by atoms with Crippen LogP contribution < -0.4 is 10.2 Å². The van der Waals surface area contributed by atoms with Crippen LogP contribution >= 0.6 is 11.8 Å². The van der Waals surface area contributed by atoms with Gasteiger partial charge in [-0.15, -0.1) is 11.8 Å². The fraction of sp³-hybridized carbons (Fsp3) is 0.300. The lowest BCUT2D eigenvalue weighted by atomic mass is 10.1. The molecular weight excluding hydrogens is 351 g/mol. The normalized spacial score (nSPS) is 16.8. The fourth-order valence-electron chi connectivity index (χ4n) is 3.05. The maximum atomic E-state index is 13.0. The number of hydrogen-bond acceptors (Lipinski definition) is 3. The van der Waals surface area contributed by atoms with Gasteiger partial charge in [-0.2, -0.15) is 0 Å². The van der Waals surface area contributed by atoms with Crippen LogP contribution in [0.25, 0.3) is 0 Å². The van der Waals surface area contributed by atoms with Gasteiger partial charge in [0, 0.05) is 23.7 Å². The Kier molecular flexibility index (Phi) is 5.93. The molecule has 0 radical (unpaired) electrons. The third-order valence-corrected chi connectivity index (χ3v) is 5.28. The Bertz CT molecular complexity index is 777. The zero-order valence-electron chi connectivity index (χ0n) is 14.6. The van der Waals surface area contributed by atoms with Crippen molar-refractivity contribution in [1.82, 2.24) is 5.32 Å². The number of thioether (sulfide) groups is 1. The van der Waals surface area contributed by atoms with E-state index in [2.05, 4.69) is 29.6 Å². The van der Waals surface area contributed by atoms with Gasteiger partial charge in [-0.25, -0.2) is 4.39 Å². The molecule has 1 heterocycles. The Balaban J connectivity index is 1.51. The summed E-state index contributed by atoms with van der Waals surface area (Å²) in [4.78, 5) is 27.6. The summed E-state index contributed by atoms with van der Waals surface area (Å²) in [7, 11) is 0. The lowest BCUT2D eigenvalue weighted by Crippen LogP contribution is -2.37. The van der Waals surface area contributed by atoms with Crippen molar-refractivity contribution < 1.29 is 14.0 Å². The third kappa shape index (κ3) is 4.25. The Labute approximate surface area is 156 Å². The van der Waals surface area contributed by atoms with Gasteiger partial charge in [0.2, 0.25) is 11.8 Å².